The highest BCUT2D eigenvalue weighted by atomic mass is 16.5. The van der Waals surface area contributed by atoms with Crippen molar-refractivity contribution in [2.45, 2.75) is 57.4 Å². The second-order valence-electron chi connectivity index (χ2n) is 8.42. The predicted octanol–water partition coefficient (Wildman–Crippen LogP) is 3.38. The number of fused-ring (bicyclic) bond motifs is 1. The summed E-state index contributed by atoms with van der Waals surface area (Å²) in [5, 5.41) is 0. The van der Waals surface area contributed by atoms with Crippen LogP contribution in [0.1, 0.15) is 56.5 Å². The summed E-state index contributed by atoms with van der Waals surface area (Å²) in [6, 6.07) is 4.91. The van der Waals surface area contributed by atoms with E-state index < -0.39 is 0 Å². The Morgan fingerprint density at radius 2 is 2.24 bits per heavy atom. The fraction of sp³-hybridized carbons (Fsp3) is 0.565. The molecule has 3 aliphatic rings. The third-order valence-electron chi connectivity index (χ3n) is 6.51. The lowest BCUT2D eigenvalue weighted by Crippen LogP contribution is -2.28. The summed E-state index contributed by atoms with van der Waals surface area (Å²) in [5.74, 6) is 0.550. The molecule has 0 radical (unpaired) electrons. The van der Waals surface area contributed by atoms with Crippen LogP contribution in [0.15, 0.2) is 34.7 Å². The summed E-state index contributed by atoms with van der Waals surface area (Å²) in [5.41, 5.74) is 12.0. The van der Waals surface area contributed by atoms with Gasteiger partial charge in [-0.25, -0.2) is 4.99 Å². The molecule has 0 aliphatic carbocycles. The molecule has 6 nitrogen and oxygen atoms in total. The van der Waals surface area contributed by atoms with E-state index in [1.807, 2.05) is 12.4 Å². The summed E-state index contributed by atoms with van der Waals surface area (Å²) in [6.45, 7) is 6.80. The van der Waals surface area contributed by atoms with Crippen molar-refractivity contribution in [2.75, 3.05) is 26.9 Å². The number of pyridine rings is 1. The smallest absolute Gasteiger partial charge is 0.127 e. The monoisotopic (exact) mass is 396 g/mol. The van der Waals surface area contributed by atoms with Gasteiger partial charge in [0.1, 0.15) is 5.82 Å². The zero-order chi connectivity index (χ0) is 20.4. The Hall–Kier alpha value is -2.18. The maximum absolute atomic E-state index is 6.01. The maximum Gasteiger partial charge on any atom is 0.127 e. The molecule has 0 bridgehead atoms. The predicted molar refractivity (Wildman–Crippen MR) is 115 cm³/mol. The maximum atomic E-state index is 6.01. The summed E-state index contributed by atoms with van der Waals surface area (Å²) in [7, 11) is 1.76. The van der Waals surface area contributed by atoms with E-state index in [0.717, 1.165) is 63.3 Å². The van der Waals surface area contributed by atoms with E-state index in [1.165, 1.54) is 16.8 Å². The molecule has 1 saturated heterocycles. The van der Waals surface area contributed by atoms with Crippen LogP contribution in [0, 0.1) is 0 Å². The van der Waals surface area contributed by atoms with E-state index in [-0.39, 0.29) is 5.41 Å². The zero-order valence-electron chi connectivity index (χ0n) is 17.8. The Kier molecular flexibility index (Phi) is 5.74. The second kappa shape index (κ2) is 8.28. The summed E-state index contributed by atoms with van der Waals surface area (Å²) in [4.78, 5) is 11.7. The highest BCUT2D eigenvalue weighted by molar-refractivity contribution is 5.79. The van der Waals surface area contributed by atoms with Gasteiger partial charge in [0.15, 0.2) is 0 Å². The molecule has 2 N–H and O–H groups in total. The molecular formula is C23H32N4O2. The topological polar surface area (TPSA) is 73.0 Å². The molecule has 29 heavy (non-hydrogen) atoms. The lowest BCUT2D eigenvalue weighted by molar-refractivity contribution is 0.174. The van der Waals surface area contributed by atoms with Gasteiger partial charge in [0.2, 0.25) is 0 Å². The minimum Gasteiger partial charge on any atom is -0.385 e. The van der Waals surface area contributed by atoms with Crippen LogP contribution in [0.5, 0.6) is 0 Å². The van der Waals surface area contributed by atoms with Crippen molar-refractivity contribution in [3.8, 4) is 0 Å². The number of aryl methyl sites for hydroxylation is 1. The van der Waals surface area contributed by atoms with Crippen LogP contribution in [0.2, 0.25) is 0 Å². The van der Waals surface area contributed by atoms with Gasteiger partial charge in [0, 0.05) is 49.1 Å². The van der Waals surface area contributed by atoms with Gasteiger partial charge in [0.25, 0.3) is 0 Å². The molecule has 1 aromatic heterocycles. The van der Waals surface area contributed by atoms with Crippen molar-refractivity contribution < 1.29 is 9.47 Å². The Morgan fingerprint density at radius 3 is 2.97 bits per heavy atom. The molecule has 4 rings (SSSR count). The number of rotatable bonds is 7. The van der Waals surface area contributed by atoms with E-state index in [9.17, 15) is 0 Å². The number of hydrogen-bond donors (Lipinski definition) is 1. The molecule has 156 valence electrons. The van der Waals surface area contributed by atoms with Crippen LogP contribution in [0.3, 0.4) is 0 Å². The quantitative estimate of drug-likeness (QED) is 0.716. The van der Waals surface area contributed by atoms with Crippen LogP contribution in [0.25, 0.3) is 5.57 Å². The van der Waals surface area contributed by atoms with Crippen molar-refractivity contribution in [1.82, 2.24) is 9.88 Å². The zero-order valence-corrected chi connectivity index (χ0v) is 17.8. The summed E-state index contributed by atoms with van der Waals surface area (Å²) < 4.78 is 11.1. The van der Waals surface area contributed by atoms with Gasteiger partial charge in [-0.15, -0.1) is 0 Å². The molecule has 4 heterocycles. The van der Waals surface area contributed by atoms with Gasteiger partial charge in [-0.1, -0.05) is 6.92 Å². The number of nitrogens with zero attached hydrogens (tertiary/aromatic N) is 3. The average molecular weight is 397 g/mol. The minimum atomic E-state index is 0.0179. The molecule has 2 atom stereocenters. The van der Waals surface area contributed by atoms with Gasteiger partial charge in [-0.05, 0) is 56.7 Å². The van der Waals surface area contributed by atoms with Gasteiger partial charge < -0.3 is 20.1 Å². The first-order valence-corrected chi connectivity index (χ1v) is 10.7. The number of nitrogens with two attached hydrogens (primary N) is 1. The Balaban J connectivity index is 1.78. The number of allylic oxidation sites excluding steroid dienone is 1. The third-order valence-corrected chi connectivity index (χ3v) is 6.51. The number of methoxy groups -OCH3 is 1. The van der Waals surface area contributed by atoms with E-state index in [1.54, 1.807) is 7.11 Å². The second-order valence-corrected chi connectivity index (χ2v) is 8.42. The largest absolute Gasteiger partial charge is 0.385 e. The Labute approximate surface area is 173 Å². The van der Waals surface area contributed by atoms with Crippen molar-refractivity contribution in [2.24, 2.45) is 10.7 Å². The van der Waals surface area contributed by atoms with E-state index >= 15 is 0 Å². The molecule has 1 fully saturated rings. The molecule has 0 amide bonds. The fourth-order valence-electron chi connectivity index (χ4n) is 4.62. The van der Waals surface area contributed by atoms with Crippen molar-refractivity contribution in [3.63, 3.8) is 0 Å². The van der Waals surface area contributed by atoms with Crippen LogP contribution >= 0.6 is 0 Å². The number of aromatic nitrogens is 1. The molecule has 0 saturated carbocycles. The van der Waals surface area contributed by atoms with Crippen molar-refractivity contribution in [3.05, 3.63) is 46.7 Å². The number of aliphatic imine (C=N–C) groups is 1. The summed E-state index contributed by atoms with van der Waals surface area (Å²) >= 11 is 0. The number of ether oxygens (including phenoxy) is 2. The van der Waals surface area contributed by atoms with Crippen molar-refractivity contribution in [1.29, 1.82) is 0 Å². The molecule has 6 heteroatoms. The van der Waals surface area contributed by atoms with Crippen molar-refractivity contribution >= 4 is 11.9 Å². The highest BCUT2D eigenvalue weighted by Gasteiger charge is 2.37. The van der Waals surface area contributed by atoms with Crippen LogP contribution in [-0.2, 0) is 21.3 Å². The lowest BCUT2D eigenvalue weighted by atomic mass is 9.80. The highest BCUT2D eigenvalue weighted by Crippen LogP contribution is 2.40. The van der Waals surface area contributed by atoms with Gasteiger partial charge in [-0.3, -0.25) is 4.98 Å². The fourth-order valence-corrected chi connectivity index (χ4v) is 4.62. The number of hydrogen-bond acceptors (Lipinski definition) is 6. The minimum absolute atomic E-state index is 0.0179. The van der Waals surface area contributed by atoms with Crippen LogP contribution in [-0.4, -0.2) is 49.2 Å². The molecule has 2 unspecified atom stereocenters. The van der Waals surface area contributed by atoms with Crippen LogP contribution in [0.4, 0.5) is 0 Å². The van der Waals surface area contributed by atoms with Crippen LogP contribution < -0.4 is 5.73 Å². The van der Waals surface area contributed by atoms with Gasteiger partial charge in [0.05, 0.1) is 24.3 Å². The van der Waals surface area contributed by atoms with E-state index in [4.69, 9.17) is 20.2 Å². The molecule has 1 aromatic rings. The molecule has 0 aromatic carbocycles. The normalized spacial score (nSPS) is 26.2. The molecule has 0 spiro atoms. The third kappa shape index (κ3) is 3.83. The average Bonchev–Trinajstić information content (AvgIpc) is 3.33. The Bertz CT molecular complexity index is 852. The van der Waals surface area contributed by atoms with Gasteiger partial charge in [-0.2, -0.15) is 0 Å². The SMILES string of the molecule is CCC1(c2cc(CCCOC)cc(C3=C4C=C(N)N=CN4C(C)C3)n2)CCOC1. The lowest BCUT2D eigenvalue weighted by Gasteiger charge is -2.26. The first-order chi connectivity index (χ1) is 14.1. The van der Waals surface area contributed by atoms with Gasteiger partial charge >= 0.3 is 0 Å². The molecular weight excluding hydrogens is 364 g/mol. The first kappa shape index (κ1) is 20.1. The Morgan fingerprint density at radius 1 is 1.38 bits per heavy atom. The van der Waals surface area contributed by atoms with E-state index in [0.29, 0.717) is 11.9 Å². The molecule has 3 aliphatic heterocycles. The summed E-state index contributed by atoms with van der Waals surface area (Å²) in [6.07, 6.45) is 8.83. The standard InChI is InChI=1S/C23H32N4O2/c1-4-23(7-9-29-14-23)21-12-17(6-5-8-28-3)11-19(26-21)18-10-16(2)27-15-25-22(24)13-20(18)27/h11-13,15-16H,4-10,14,24H2,1-3H3. The van der Waals surface area contributed by atoms with E-state index in [2.05, 4.69) is 35.9 Å². The first-order valence-electron chi connectivity index (χ1n) is 10.7.